The first-order chi connectivity index (χ1) is 15.3. The minimum atomic E-state index is -0.691. The Morgan fingerprint density at radius 1 is 1.16 bits per heavy atom. The summed E-state index contributed by atoms with van der Waals surface area (Å²) in [5.74, 6) is -1.08. The van der Waals surface area contributed by atoms with E-state index in [9.17, 15) is 14.7 Å². The Morgan fingerprint density at radius 2 is 1.84 bits per heavy atom. The minimum absolute atomic E-state index is 0.0744. The van der Waals surface area contributed by atoms with Gasteiger partial charge in [0.1, 0.15) is 11.5 Å². The Hall–Kier alpha value is -2.83. The number of ketones is 1. The van der Waals surface area contributed by atoms with Crippen molar-refractivity contribution in [3.63, 3.8) is 0 Å². The molecular weight excluding hydrogens is 428 g/mol. The molecule has 0 aromatic heterocycles. The summed E-state index contributed by atoms with van der Waals surface area (Å²) in [7, 11) is 5.42. The van der Waals surface area contributed by atoms with E-state index in [0.717, 1.165) is 24.1 Å². The summed E-state index contributed by atoms with van der Waals surface area (Å²) in [5, 5.41) is 11.4. The number of methoxy groups -OCH3 is 1. The van der Waals surface area contributed by atoms with Gasteiger partial charge in [0.25, 0.3) is 11.7 Å². The fraction of sp³-hybridized carbons (Fsp3) is 0.360. The van der Waals surface area contributed by atoms with Crippen LogP contribution in [0.3, 0.4) is 0 Å². The second-order valence-electron chi connectivity index (χ2n) is 8.09. The van der Waals surface area contributed by atoms with Gasteiger partial charge in [0.15, 0.2) is 0 Å². The van der Waals surface area contributed by atoms with Gasteiger partial charge in [-0.3, -0.25) is 9.59 Å². The van der Waals surface area contributed by atoms with E-state index in [1.165, 1.54) is 13.2 Å². The number of Topliss-reactive ketones (excluding diaryl/α,β-unsaturated/α-hetero) is 1. The van der Waals surface area contributed by atoms with Gasteiger partial charge in [0.05, 0.1) is 23.7 Å². The second kappa shape index (κ2) is 10.2. The fourth-order valence-corrected chi connectivity index (χ4v) is 4.18. The molecule has 7 heteroatoms. The Labute approximate surface area is 194 Å². The quantitative estimate of drug-likeness (QED) is 0.364. The second-order valence-corrected chi connectivity index (χ2v) is 8.50. The lowest BCUT2D eigenvalue weighted by atomic mass is 9.94. The van der Waals surface area contributed by atoms with E-state index < -0.39 is 17.7 Å². The predicted molar refractivity (Wildman–Crippen MR) is 126 cm³/mol. The molecule has 1 unspecified atom stereocenters. The van der Waals surface area contributed by atoms with Crippen LogP contribution in [0.1, 0.15) is 36.1 Å². The van der Waals surface area contributed by atoms with E-state index in [2.05, 4.69) is 6.92 Å². The SMILES string of the molecule is CCc1ccc(C2/C(=C(/O)c3ccc(OC)c(Cl)c3)C(=O)C(=O)N2CCCN(C)C)cc1. The number of hydrogen-bond donors (Lipinski definition) is 1. The van der Waals surface area contributed by atoms with Crippen molar-refractivity contribution in [2.45, 2.75) is 25.8 Å². The molecule has 0 saturated carbocycles. The molecule has 1 aliphatic heterocycles. The molecule has 1 aliphatic rings. The molecule has 170 valence electrons. The fourth-order valence-electron chi connectivity index (χ4n) is 3.92. The topological polar surface area (TPSA) is 70.1 Å². The first kappa shape index (κ1) is 23.8. The first-order valence-corrected chi connectivity index (χ1v) is 11.0. The van der Waals surface area contributed by atoms with Crippen molar-refractivity contribution in [3.8, 4) is 5.75 Å². The molecule has 32 heavy (non-hydrogen) atoms. The van der Waals surface area contributed by atoms with Gasteiger partial charge in [-0.15, -0.1) is 0 Å². The zero-order chi connectivity index (χ0) is 23.4. The van der Waals surface area contributed by atoms with Gasteiger partial charge in [-0.05, 0) is 62.8 Å². The monoisotopic (exact) mass is 456 g/mol. The van der Waals surface area contributed by atoms with E-state index in [-0.39, 0.29) is 11.3 Å². The highest BCUT2D eigenvalue weighted by Gasteiger charge is 2.45. The molecular formula is C25H29ClN2O4. The largest absolute Gasteiger partial charge is 0.507 e. The van der Waals surface area contributed by atoms with Gasteiger partial charge in [-0.1, -0.05) is 42.8 Å². The number of aliphatic hydroxyl groups is 1. The molecule has 0 radical (unpaired) electrons. The number of hydrogen-bond acceptors (Lipinski definition) is 5. The number of carbonyl (C=O) groups excluding carboxylic acids is 2. The summed E-state index contributed by atoms with van der Waals surface area (Å²) >= 11 is 6.23. The number of nitrogens with zero attached hydrogens (tertiary/aromatic N) is 2. The summed E-state index contributed by atoms with van der Waals surface area (Å²) in [6, 6.07) is 11.9. The maximum atomic E-state index is 13.1. The highest BCUT2D eigenvalue weighted by atomic mass is 35.5. The van der Waals surface area contributed by atoms with Crippen LogP contribution in [0.25, 0.3) is 5.76 Å². The van der Waals surface area contributed by atoms with Gasteiger partial charge in [0, 0.05) is 12.1 Å². The van der Waals surface area contributed by atoms with E-state index in [0.29, 0.717) is 29.3 Å². The molecule has 2 aromatic carbocycles. The molecule has 2 aromatic rings. The maximum Gasteiger partial charge on any atom is 0.295 e. The van der Waals surface area contributed by atoms with Crippen LogP contribution in [0.5, 0.6) is 5.75 Å². The van der Waals surface area contributed by atoms with E-state index in [1.54, 1.807) is 17.0 Å². The van der Waals surface area contributed by atoms with Crippen LogP contribution in [0.15, 0.2) is 48.0 Å². The van der Waals surface area contributed by atoms with Crippen molar-refractivity contribution in [1.29, 1.82) is 0 Å². The molecule has 0 aliphatic carbocycles. The molecule has 1 saturated heterocycles. The summed E-state index contributed by atoms with van der Waals surface area (Å²) in [6.45, 7) is 3.25. The highest BCUT2D eigenvalue weighted by molar-refractivity contribution is 6.46. The summed E-state index contributed by atoms with van der Waals surface area (Å²) in [6.07, 6.45) is 1.59. The molecule has 1 N–H and O–H groups in total. The van der Waals surface area contributed by atoms with E-state index >= 15 is 0 Å². The molecule has 1 fully saturated rings. The lowest BCUT2D eigenvalue weighted by Gasteiger charge is -2.26. The normalized spacial score (nSPS) is 17.9. The van der Waals surface area contributed by atoms with Crippen molar-refractivity contribution in [2.24, 2.45) is 0 Å². The summed E-state index contributed by atoms with van der Waals surface area (Å²) in [4.78, 5) is 29.6. The highest BCUT2D eigenvalue weighted by Crippen LogP contribution is 2.40. The standard InChI is InChI=1S/C25H29ClN2O4/c1-5-16-7-9-17(10-8-16)22-21(23(29)18-11-12-20(32-4)19(26)15-18)24(30)25(31)28(22)14-6-13-27(2)3/h7-12,15,22,29H,5-6,13-14H2,1-4H3/b23-21-. The van der Waals surface area contributed by atoms with Gasteiger partial charge in [-0.25, -0.2) is 0 Å². The number of halogens is 1. The van der Waals surface area contributed by atoms with Crippen LogP contribution in [0.4, 0.5) is 0 Å². The lowest BCUT2D eigenvalue weighted by Crippen LogP contribution is -2.32. The molecule has 1 heterocycles. The molecule has 1 amide bonds. The van der Waals surface area contributed by atoms with Crippen LogP contribution in [-0.4, -0.2) is 60.9 Å². The van der Waals surface area contributed by atoms with Crippen LogP contribution < -0.4 is 4.74 Å². The number of likely N-dealkylation sites (tertiary alicyclic amines) is 1. The smallest absolute Gasteiger partial charge is 0.295 e. The van der Waals surface area contributed by atoms with Crippen LogP contribution >= 0.6 is 11.6 Å². The number of ether oxygens (including phenoxy) is 1. The first-order valence-electron chi connectivity index (χ1n) is 10.6. The van der Waals surface area contributed by atoms with Crippen LogP contribution in [-0.2, 0) is 16.0 Å². The summed E-state index contributed by atoms with van der Waals surface area (Å²) < 4.78 is 5.17. The lowest BCUT2D eigenvalue weighted by molar-refractivity contribution is -0.139. The molecule has 0 spiro atoms. The van der Waals surface area contributed by atoms with Gasteiger partial charge in [-0.2, -0.15) is 0 Å². The number of benzene rings is 2. The molecule has 6 nitrogen and oxygen atoms in total. The van der Waals surface area contributed by atoms with Crippen molar-refractivity contribution >= 4 is 29.1 Å². The number of carbonyl (C=O) groups is 2. The Balaban J connectivity index is 2.10. The number of aliphatic hydroxyl groups excluding tert-OH is 1. The van der Waals surface area contributed by atoms with Gasteiger partial charge < -0.3 is 19.6 Å². The third-order valence-corrected chi connectivity index (χ3v) is 5.97. The number of rotatable bonds is 8. The third kappa shape index (κ3) is 4.81. The number of amides is 1. The Bertz CT molecular complexity index is 1030. The van der Waals surface area contributed by atoms with Crippen molar-refractivity contribution in [1.82, 2.24) is 9.80 Å². The third-order valence-electron chi connectivity index (χ3n) is 5.67. The molecule has 1 atom stereocenters. The zero-order valence-corrected chi connectivity index (χ0v) is 19.6. The Kier molecular flexibility index (Phi) is 7.59. The average Bonchev–Trinajstić information content (AvgIpc) is 3.03. The van der Waals surface area contributed by atoms with Gasteiger partial charge in [0.2, 0.25) is 0 Å². The van der Waals surface area contributed by atoms with Crippen LogP contribution in [0, 0.1) is 0 Å². The van der Waals surface area contributed by atoms with E-state index in [4.69, 9.17) is 16.3 Å². The van der Waals surface area contributed by atoms with Crippen molar-refractivity contribution in [2.75, 3.05) is 34.3 Å². The molecule has 3 rings (SSSR count). The van der Waals surface area contributed by atoms with E-state index in [1.807, 2.05) is 43.3 Å². The summed E-state index contributed by atoms with van der Waals surface area (Å²) in [5.41, 5.74) is 2.37. The molecule has 0 bridgehead atoms. The Morgan fingerprint density at radius 3 is 2.41 bits per heavy atom. The average molecular weight is 457 g/mol. The van der Waals surface area contributed by atoms with Crippen molar-refractivity contribution in [3.05, 3.63) is 69.8 Å². The maximum absolute atomic E-state index is 13.1. The van der Waals surface area contributed by atoms with Crippen molar-refractivity contribution < 1.29 is 19.4 Å². The van der Waals surface area contributed by atoms with Gasteiger partial charge >= 0.3 is 0 Å². The minimum Gasteiger partial charge on any atom is -0.507 e. The van der Waals surface area contributed by atoms with Crippen LogP contribution in [0.2, 0.25) is 5.02 Å². The predicted octanol–water partition coefficient (Wildman–Crippen LogP) is 4.28. The number of aryl methyl sites for hydroxylation is 1. The zero-order valence-electron chi connectivity index (χ0n) is 18.9.